The number of benzene rings is 4. The number of fused-ring (bicyclic) bond motifs is 8. The van der Waals surface area contributed by atoms with Gasteiger partial charge in [0.15, 0.2) is 24.9 Å². The summed E-state index contributed by atoms with van der Waals surface area (Å²) in [5.74, 6) is -6.73. The molecule has 2 saturated heterocycles. The Morgan fingerprint density at radius 1 is 0.516 bits per heavy atom. The average molecular weight is 1760 g/mol. The standard InChI is InChI=1S/C40H41ClN8O7S.C21H26N4O6.C19H17ClN4O2S.C2HF3O2/c1-21-22(2)57-40-33(21)35(24-11-13-25(41)14-12-24)44-27(36-47-46-23(3)48(36)40)19-31(51)42-17-6-4-5-7-18-43-32(52)20-56-29-10-8-9-26-34(29)39(55)49(38(26)54)28-15-16-30(50)45-37(28)53;22-10-3-1-2-4-11-23-17(27)12-31-15-7-5-6-13-18(15)21(30)25(20(13)29)14-8-9-16(26)24-19(14)28;1-9-10(2)27-19-16(9)17(12-4-6-13(20)7-5-12)21-14(8-15(25)26)18-23-22-11(3)24(18)19;3-2(4,5)1(6)7/h8-14,27-28H,4-7,15-20H2,1-3H3,(H,42,51)(H,43,52)(H,45,50,53);5-7,14H,1-4,8-12,22H2,(H,23,27)(H,24,26,28);4-7,14H,8H2,1-3H3,(H,25,26);(H,6,7)/t27-,28?;;14-;/m0.0./s1. The third-order valence-corrected chi connectivity index (χ3v) is 23.4. The number of carboxylic acid groups (broad SMARTS) is 2. The minimum Gasteiger partial charge on any atom is -0.483 e. The van der Waals surface area contributed by atoms with E-state index in [4.69, 9.17) is 58.3 Å². The molecule has 122 heavy (non-hydrogen) atoms. The molecule has 40 heteroatoms. The number of unbranched alkanes of at least 4 members (excludes halogenated alkanes) is 6. The molecule has 33 nitrogen and oxygen atoms in total. The first-order valence-electron chi connectivity index (χ1n) is 38.9. The number of nitrogens with two attached hydrogens (primary N) is 1. The molecule has 6 aliphatic heterocycles. The van der Waals surface area contributed by atoms with Gasteiger partial charge in [0.1, 0.15) is 57.3 Å². The number of ether oxygens (including phenoxy) is 2. The number of aryl methyl sites for hydroxylation is 4. The summed E-state index contributed by atoms with van der Waals surface area (Å²) < 4.78 is 46.9. The van der Waals surface area contributed by atoms with Gasteiger partial charge >= 0.3 is 18.1 Å². The molecule has 4 aromatic heterocycles. The summed E-state index contributed by atoms with van der Waals surface area (Å²) in [7, 11) is 0. The van der Waals surface area contributed by atoms with Crippen LogP contribution in [0.3, 0.4) is 0 Å². The summed E-state index contributed by atoms with van der Waals surface area (Å²) in [6, 6.07) is 20.7. The number of thiophene rings is 2. The highest BCUT2D eigenvalue weighted by Crippen LogP contribution is 2.43. The highest BCUT2D eigenvalue weighted by Gasteiger charge is 2.48. The van der Waals surface area contributed by atoms with Crippen molar-refractivity contribution < 1.29 is 95.2 Å². The second-order valence-corrected chi connectivity index (χ2v) is 32.2. The van der Waals surface area contributed by atoms with Crippen molar-refractivity contribution in [3.63, 3.8) is 0 Å². The molecule has 0 radical (unpaired) electrons. The van der Waals surface area contributed by atoms with Gasteiger partial charge in [-0.1, -0.05) is 85.3 Å². The molecule has 11 amide bonds. The molecule has 642 valence electrons. The maximum atomic E-state index is 13.3. The van der Waals surface area contributed by atoms with Crippen LogP contribution in [0.2, 0.25) is 10.0 Å². The van der Waals surface area contributed by atoms with E-state index in [0.717, 1.165) is 121 Å². The number of imide groups is 4. The fourth-order valence-corrected chi connectivity index (χ4v) is 16.9. The zero-order chi connectivity index (χ0) is 88.1. The summed E-state index contributed by atoms with van der Waals surface area (Å²) in [6.45, 7) is 13.5. The van der Waals surface area contributed by atoms with E-state index in [1.165, 1.54) is 40.1 Å². The van der Waals surface area contributed by atoms with Gasteiger partial charge in [-0.3, -0.25) is 97.1 Å². The molecular formula is C82H85Cl2F3N16O17S2. The van der Waals surface area contributed by atoms with Crippen LogP contribution in [0.25, 0.3) is 10.0 Å². The summed E-state index contributed by atoms with van der Waals surface area (Å²) in [5, 5.41) is 49.9. The highest BCUT2D eigenvalue weighted by atomic mass is 35.5. The number of alkyl halides is 3. The number of aliphatic imine (C=N–C) groups is 2. The number of rotatable bonds is 27. The first kappa shape index (κ1) is 90.5. The minimum atomic E-state index is -5.08. The van der Waals surface area contributed by atoms with Gasteiger partial charge in [0, 0.05) is 74.5 Å². The van der Waals surface area contributed by atoms with Gasteiger partial charge in [0.05, 0.1) is 46.5 Å². The van der Waals surface area contributed by atoms with E-state index in [-0.39, 0.29) is 97.3 Å². The van der Waals surface area contributed by atoms with Crippen molar-refractivity contribution >= 4 is 134 Å². The number of hydrogen-bond acceptors (Lipinski definition) is 24. The Labute approximate surface area is 713 Å². The molecule has 14 rings (SSSR count). The lowest BCUT2D eigenvalue weighted by Gasteiger charge is -2.27. The molecule has 0 aliphatic carbocycles. The lowest BCUT2D eigenvalue weighted by atomic mass is 9.99. The fourth-order valence-electron chi connectivity index (χ4n) is 14.2. The maximum absolute atomic E-state index is 13.3. The molecule has 2 unspecified atom stereocenters. The van der Waals surface area contributed by atoms with E-state index in [2.05, 4.69) is 74.7 Å². The number of carbonyl (C=O) groups is 13. The Kier molecular flexibility index (Phi) is 29.6. The average Bonchev–Trinajstić information content (AvgIpc) is 1.60. The molecule has 4 aromatic carbocycles. The summed E-state index contributed by atoms with van der Waals surface area (Å²) in [6.07, 6.45) is 1.90. The molecular weight excluding hydrogens is 1670 g/mol. The molecule has 8 aromatic rings. The monoisotopic (exact) mass is 1760 g/mol. The first-order valence-corrected chi connectivity index (χ1v) is 41.3. The predicted molar refractivity (Wildman–Crippen MR) is 439 cm³/mol. The molecule has 0 spiro atoms. The van der Waals surface area contributed by atoms with Crippen molar-refractivity contribution in [1.82, 2.24) is 65.9 Å². The van der Waals surface area contributed by atoms with Crippen molar-refractivity contribution in [3.05, 3.63) is 184 Å². The van der Waals surface area contributed by atoms with Gasteiger partial charge in [-0.15, -0.1) is 43.1 Å². The molecule has 0 bridgehead atoms. The van der Waals surface area contributed by atoms with Crippen molar-refractivity contribution in [2.24, 2.45) is 15.7 Å². The summed E-state index contributed by atoms with van der Waals surface area (Å²) >= 11 is 15.6. The number of amides is 11. The number of carboxylic acids is 2. The van der Waals surface area contributed by atoms with Crippen LogP contribution in [0.5, 0.6) is 11.5 Å². The zero-order valence-corrected chi connectivity index (χ0v) is 70.0. The van der Waals surface area contributed by atoms with Crippen LogP contribution in [0, 0.1) is 41.5 Å². The Morgan fingerprint density at radius 2 is 0.893 bits per heavy atom. The third-order valence-electron chi connectivity index (χ3n) is 20.5. The quantitative estimate of drug-likeness (QED) is 0.0175. The summed E-state index contributed by atoms with van der Waals surface area (Å²) in [4.78, 5) is 172. The smallest absolute Gasteiger partial charge is 0.483 e. The Hall–Kier alpha value is -12.3. The number of halogens is 5. The van der Waals surface area contributed by atoms with Crippen LogP contribution in [0.1, 0.15) is 210 Å². The van der Waals surface area contributed by atoms with Crippen molar-refractivity contribution in [2.75, 3.05) is 39.4 Å². The Bertz CT molecular complexity index is 5510. The highest BCUT2D eigenvalue weighted by molar-refractivity contribution is 7.15. The van der Waals surface area contributed by atoms with E-state index < -0.39 is 95.4 Å². The number of nitrogens with zero attached hydrogens (tertiary/aromatic N) is 10. The second-order valence-electron chi connectivity index (χ2n) is 28.9. The van der Waals surface area contributed by atoms with Crippen LogP contribution < -0.4 is 41.8 Å². The van der Waals surface area contributed by atoms with Crippen LogP contribution in [0.15, 0.2) is 94.9 Å². The van der Waals surface area contributed by atoms with Crippen LogP contribution in [0.4, 0.5) is 13.2 Å². The fraction of sp³-hybridized carbons (Fsp3) is 0.378. The number of aromatic nitrogens is 6. The van der Waals surface area contributed by atoms with Crippen molar-refractivity contribution in [3.8, 4) is 21.5 Å². The second kappa shape index (κ2) is 40.0. The summed E-state index contributed by atoms with van der Waals surface area (Å²) in [5.41, 5.74) is 13.2. The van der Waals surface area contributed by atoms with Crippen LogP contribution >= 0.6 is 45.9 Å². The topological polar surface area (TPSA) is 460 Å². The van der Waals surface area contributed by atoms with E-state index in [1.54, 1.807) is 28.7 Å². The van der Waals surface area contributed by atoms with Gasteiger partial charge < -0.3 is 41.4 Å². The lowest BCUT2D eigenvalue weighted by molar-refractivity contribution is -0.192. The first-order chi connectivity index (χ1) is 58.2. The van der Waals surface area contributed by atoms with Crippen LogP contribution in [-0.2, 0) is 43.2 Å². The molecule has 2 fully saturated rings. The molecule has 9 N–H and O–H groups in total. The minimum absolute atomic E-state index is 0.0108. The number of carbonyl (C=O) groups excluding carboxylic acids is 11. The number of piperidine rings is 2. The van der Waals surface area contributed by atoms with Gasteiger partial charge in [0.2, 0.25) is 29.5 Å². The number of nitrogens with one attached hydrogen (secondary N) is 5. The zero-order valence-electron chi connectivity index (χ0n) is 66.8. The molecule has 10 heterocycles. The normalized spacial score (nSPS) is 16.8. The molecule has 4 atom stereocenters. The predicted octanol–water partition coefficient (Wildman–Crippen LogP) is 9.47. The van der Waals surface area contributed by atoms with Gasteiger partial charge in [-0.25, -0.2) is 4.79 Å². The van der Waals surface area contributed by atoms with Crippen molar-refractivity contribution in [2.45, 2.75) is 162 Å². The maximum Gasteiger partial charge on any atom is 0.490 e. The largest absolute Gasteiger partial charge is 0.490 e. The lowest BCUT2D eigenvalue weighted by Crippen LogP contribution is -2.54. The molecule has 0 saturated carbocycles. The van der Waals surface area contributed by atoms with Gasteiger partial charge in [-0.05, 0) is 146 Å². The SMILES string of the molecule is Cc1sc2c(c1C)C(c1ccc(Cl)cc1)=N[C@@H](CC(=O)NCCCCCCNC(=O)COc1cccc3c1C(=O)N(C1CCC(=O)NC1=O)C3=O)c1nnc(C)n1-2.Cc1sc2c(c1C)C(c1ccc(Cl)cc1)=N[C@@H](CC(=O)O)c1nnc(C)n1-2.NCCCCCCNC(=O)COc1cccc2c1C(=O)N(C1CCC(=O)NC1=O)C2=O.O=C(O)C(F)(F)F. The Morgan fingerprint density at radius 3 is 1.26 bits per heavy atom. The molecule has 6 aliphatic rings. The van der Waals surface area contributed by atoms with Crippen LogP contribution in [-0.4, -0.2) is 196 Å². The van der Waals surface area contributed by atoms with E-state index in [1.807, 2.05) is 71.5 Å². The number of hydrogen-bond donors (Lipinski definition) is 8. The number of aliphatic carboxylic acids is 2. The Balaban J connectivity index is 0.000000187. The van der Waals surface area contributed by atoms with E-state index in [9.17, 15) is 75.8 Å². The van der Waals surface area contributed by atoms with Crippen molar-refractivity contribution in [1.29, 1.82) is 0 Å². The van der Waals surface area contributed by atoms with E-state index in [0.29, 0.717) is 54.3 Å². The van der Waals surface area contributed by atoms with Gasteiger partial charge in [0.25, 0.3) is 35.4 Å². The van der Waals surface area contributed by atoms with Gasteiger partial charge in [-0.2, -0.15) is 13.2 Å². The third kappa shape index (κ3) is 20.8. The van der Waals surface area contributed by atoms with E-state index >= 15 is 0 Å².